The minimum Gasteiger partial charge on any atom is -0.468 e. The van der Waals surface area contributed by atoms with Crippen LogP contribution < -0.4 is 0 Å². The molecule has 0 aliphatic rings. The van der Waals surface area contributed by atoms with Crippen LogP contribution in [0.4, 0.5) is 0 Å². The minimum atomic E-state index is -0.231. The van der Waals surface area contributed by atoms with E-state index < -0.39 is 0 Å². The fourth-order valence-electron chi connectivity index (χ4n) is 2.10. The zero-order valence-corrected chi connectivity index (χ0v) is 13.0. The van der Waals surface area contributed by atoms with Gasteiger partial charge in [0.05, 0.1) is 29.6 Å². The second-order valence-electron chi connectivity index (χ2n) is 4.66. The predicted molar refractivity (Wildman–Crippen MR) is 80.9 cm³/mol. The first-order valence-corrected chi connectivity index (χ1v) is 7.30. The Morgan fingerprint density at radius 3 is 2.80 bits per heavy atom. The van der Waals surface area contributed by atoms with Gasteiger partial charge in [0.15, 0.2) is 0 Å². The average molecular weight is 290 g/mol. The fraction of sp³-hybridized carbons (Fsp3) is 0.333. The zero-order chi connectivity index (χ0) is 14.7. The maximum absolute atomic E-state index is 11.3. The molecule has 0 N–H and O–H groups in total. The molecular formula is C15H18N2O2S. The summed E-state index contributed by atoms with van der Waals surface area (Å²) in [5.74, 6) is 0.0607. The van der Waals surface area contributed by atoms with Crippen molar-refractivity contribution in [3.8, 4) is 11.3 Å². The molecule has 0 aliphatic heterocycles. The summed E-state index contributed by atoms with van der Waals surface area (Å²) in [6.07, 6.45) is 1.79. The molecule has 20 heavy (non-hydrogen) atoms. The molecule has 0 amide bonds. The highest BCUT2D eigenvalue weighted by Crippen LogP contribution is 2.33. The van der Waals surface area contributed by atoms with E-state index in [4.69, 9.17) is 0 Å². The molecule has 2 rings (SSSR count). The summed E-state index contributed by atoms with van der Waals surface area (Å²) in [4.78, 5) is 12.3. The van der Waals surface area contributed by atoms with Gasteiger partial charge in [-0.1, -0.05) is 23.8 Å². The molecule has 106 valence electrons. The van der Waals surface area contributed by atoms with Gasteiger partial charge in [0.1, 0.15) is 0 Å². The first kappa shape index (κ1) is 14.7. The molecule has 0 radical (unpaired) electrons. The number of methoxy groups -OCH3 is 1. The molecule has 0 spiro atoms. The normalized spacial score (nSPS) is 10.6. The SMILES string of the molecule is COC(=O)CSc1cnn(C)c1-c1ccc(C)cc1C. The summed E-state index contributed by atoms with van der Waals surface area (Å²) in [6, 6.07) is 6.34. The van der Waals surface area contributed by atoms with Crippen LogP contribution in [-0.4, -0.2) is 28.6 Å². The highest BCUT2D eigenvalue weighted by atomic mass is 32.2. The molecule has 0 fully saturated rings. The minimum absolute atomic E-state index is 0.231. The molecule has 1 heterocycles. The summed E-state index contributed by atoms with van der Waals surface area (Å²) in [5, 5.41) is 4.30. The first-order valence-electron chi connectivity index (χ1n) is 6.32. The smallest absolute Gasteiger partial charge is 0.315 e. The Morgan fingerprint density at radius 2 is 2.15 bits per heavy atom. The van der Waals surface area contributed by atoms with Crippen LogP contribution >= 0.6 is 11.8 Å². The standard InChI is InChI=1S/C15H18N2O2S/c1-10-5-6-12(11(2)7-10)15-13(8-16-17(15)3)20-9-14(18)19-4/h5-8H,9H2,1-4H3. The van der Waals surface area contributed by atoms with Crippen LogP contribution in [0, 0.1) is 13.8 Å². The van der Waals surface area contributed by atoms with Crippen molar-refractivity contribution in [1.29, 1.82) is 0 Å². The van der Waals surface area contributed by atoms with E-state index in [1.54, 1.807) is 6.20 Å². The van der Waals surface area contributed by atoms with Gasteiger partial charge in [-0.15, -0.1) is 11.8 Å². The largest absolute Gasteiger partial charge is 0.468 e. The quantitative estimate of drug-likeness (QED) is 0.641. The van der Waals surface area contributed by atoms with Crippen molar-refractivity contribution >= 4 is 17.7 Å². The van der Waals surface area contributed by atoms with Crippen LogP contribution in [0.3, 0.4) is 0 Å². The lowest BCUT2D eigenvalue weighted by Gasteiger charge is -2.10. The van der Waals surface area contributed by atoms with E-state index >= 15 is 0 Å². The van der Waals surface area contributed by atoms with Crippen LogP contribution in [0.5, 0.6) is 0 Å². The van der Waals surface area contributed by atoms with Gasteiger partial charge in [-0.2, -0.15) is 5.10 Å². The number of carbonyl (C=O) groups excluding carboxylic acids is 1. The molecule has 4 nitrogen and oxygen atoms in total. The Hall–Kier alpha value is -1.75. The van der Waals surface area contributed by atoms with E-state index in [1.165, 1.54) is 30.0 Å². The lowest BCUT2D eigenvalue weighted by atomic mass is 10.0. The Balaban J connectivity index is 2.36. The molecule has 0 saturated heterocycles. The van der Waals surface area contributed by atoms with Crippen molar-refractivity contribution < 1.29 is 9.53 Å². The summed E-state index contributed by atoms with van der Waals surface area (Å²) < 4.78 is 6.52. The number of hydrogen-bond acceptors (Lipinski definition) is 4. The highest BCUT2D eigenvalue weighted by molar-refractivity contribution is 8.00. The maximum Gasteiger partial charge on any atom is 0.315 e. The topological polar surface area (TPSA) is 44.1 Å². The first-order chi connectivity index (χ1) is 9.52. The van der Waals surface area contributed by atoms with Crippen molar-refractivity contribution in [1.82, 2.24) is 9.78 Å². The van der Waals surface area contributed by atoms with E-state index in [1.807, 2.05) is 11.7 Å². The number of carbonyl (C=O) groups is 1. The van der Waals surface area contributed by atoms with E-state index in [0.29, 0.717) is 5.75 Å². The van der Waals surface area contributed by atoms with E-state index in [-0.39, 0.29) is 5.97 Å². The van der Waals surface area contributed by atoms with E-state index in [9.17, 15) is 4.79 Å². The van der Waals surface area contributed by atoms with Gasteiger partial charge in [0.25, 0.3) is 0 Å². The molecule has 0 aliphatic carbocycles. The van der Waals surface area contributed by atoms with Gasteiger partial charge in [0, 0.05) is 12.6 Å². The molecule has 0 unspecified atom stereocenters. The number of nitrogens with zero attached hydrogens (tertiary/aromatic N) is 2. The average Bonchev–Trinajstić information content (AvgIpc) is 2.77. The molecule has 5 heteroatoms. The third-order valence-electron chi connectivity index (χ3n) is 3.12. The van der Waals surface area contributed by atoms with E-state index in [0.717, 1.165) is 16.2 Å². The Morgan fingerprint density at radius 1 is 1.40 bits per heavy atom. The number of aromatic nitrogens is 2. The Kier molecular flexibility index (Phi) is 4.49. The van der Waals surface area contributed by atoms with Crippen molar-refractivity contribution in [2.75, 3.05) is 12.9 Å². The summed E-state index contributed by atoms with van der Waals surface area (Å²) in [7, 11) is 3.31. The molecule has 0 atom stereocenters. The van der Waals surface area contributed by atoms with Crippen molar-refractivity contribution in [2.45, 2.75) is 18.7 Å². The number of benzene rings is 1. The van der Waals surface area contributed by atoms with E-state index in [2.05, 4.69) is 41.9 Å². The van der Waals surface area contributed by atoms with Crippen LogP contribution in [0.2, 0.25) is 0 Å². The molecule has 1 aromatic carbocycles. The third-order valence-corrected chi connectivity index (χ3v) is 4.11. The van der Waals surface area contributed by atoms with Gasteiger partial charge in [-0.05, 0) is 19.4 Å². The number of thioether (sulfide) groups is 1. The van der Waals surface area contributed by atoms with Gasteiger partial charge in [0.2, 0.25) is 0 Å². The molecular weight excluding hydrogens is 272 g/mol. The van der Waals surface area contributed by atoms with Crippen molar-refractivity contribution in [3.63, 3.8) is 0 Å². The monoisotopic (exact) mass is 290 g/mol. The van der Waals surface area contributed by atoms with Crippen molar-refractivity contribution in [3.05, 3.63) is 35.5 Å². The summed E-state index contributed by atoms with van der Waals surface area (Å²) in [5.41, 5.74) is 4.62. The van der Waals surface area contributed by atoms with Crippen LogP contribution in [0.25, 0.3) is 11.3 Å². The van der Waals surface area contributed by atoms with Gasteiger partial charge in [-0.3, -0.25) is 9.48 Å². The molecule has 0 bridgehead atoms. The lowest BCUT2D eigenvalue weighted by molar-refractivity contribution is -0.137. The second-order valence-corrected chi connectivity index (χ2v) is 5.68. The second kappa shape index (κ2) is 6.13. The Bertz CT molecular complexity index is 635. The number of rotatable bonds is 4. The van der Waals surface area contributed by atoms with Crippen LogP contribution in [0.15, 0.2) is 29.3 Å². The lowest BCUT2D eigenvalue weighted by Crippen LogP contribution is -2.03. The number of esters is 1. The van der Waals surface area contributed by atoms with Gasteiger partial charge >= 0.3 is 5.97 Å². The van der Waals surface area contributed by atoms with Crippen molar-refractivity contribution in [2.24, 2.45) is 7.05 Å². The fourth-order valence-corrected chi connectivity index (χ4v) is 3.00. The molecule has 0 saturated carbocycles. The third kappa shape index (κ3) is 3.04. The maximum atomic E-state index is 11.3. The predicted octanol–water partition coefficient (Wildman–Crippen LogP) is 2.97. The molecule has 2 aromatic rings. The van der Waals surface area contributed by atoms with Crippen LogP contribution in [-0.2, 0) is 16.6 Å². The summed E-state index contributed by atoms with van der Waals surface area (Å²) >= 11 is 1.45. The number of aryl methyl sites for hydroxylation is 3. The van der Waals surface area contributed by atoms with Gasteiger partial charge in [-0.25, -0.2) is 0 Å². The van der Waals surface area contributed by atoms with Gasteiger partial charge < -0.3 is 4.74 Å². The zero-order valence-electron chi connectivity index (χ0n) is 12.1. The number of ether oxygens (including phenoxy) is 1. The highest BCUT2D eigenvalue weighted by Gasteiger charge is 2.15. The van der Waals surface area contributed by atoms with Crippen LogP contribution in [0.1, 0.15) is 11.1 Å². The molecule has 1 aromatic heterocycles. The summed E-state index contributed by atoms with van der Waals surface area (Å²) in [6.45, 7) is 4.16. The number of hydrogen-bond donors (Lipinski definition) is 0. The Labute approximate surface area is 123 Å².